The van der Waals surface area contributed by atoms with Crippen molar-refractivity contribution in [1.82, 2.24) is 0 Å². The van der Waals surface area contributed by atoms with Gasteiger partial charge in [0.25, 0.3) is 0 Å². The molecule has 0 aliphatic rings. The van der Waals surface area contributed by atoms with Crippen molar-refractivity contribution in [3.05, 3.63) is 83.3 Å². The molecule has 0 heterocycles. The third-order valence-corrected chi connectivity index (χ3v) is 4.22. The van der Waals surface area contributed by atoms with E-state index in [9.17, 15) is 35.8 Å². The van der Waals surface area contributed by atoms with Crippen LogP contribution in [0.3, 0.4) is 0 Å². The maximum Gasteiger partial charge on any atom is 0.458 e. The Morgan fingerprint density at radius 3 is 2.39 bits per heavy atom. The SMILES string of the molecule is C=C(N=C(/C(F)=C\N)c1ccc(F)cc1OC)Nc1cc(CO)cc(C(F)(F)C(F)(F)F)c1. The van der Waals surface area contributed by atoms with E-state index in [-0.39, 0.29) is 22.6 Å². The van der Waals surface area contributed by atoms with Gasteiger partial charge in [0.2, 0.25) is 0 Å². The molecule has 5 nitrogen and oxygen atoms in total. The van der Waals surface area contributed by atoms with Gasteiger partial charge in [-0.15, -0.1) is 0 Å². The Bertz CT molecular complexity index is 1100. The van der Waals surface area contributed by atoms with Crippen LogP contribution in [0.4, 0.5) is 36.4 Å². The Kier molecular flexibility index (Phi) is 7.75. The summed E-state index contributed by atoms with van der Waals surface area (Å²) >= 11 is 0. The molecule has 178 valence electrons. The number of benzene rings is 2. The number of aliphatic hydroxyl groups excluding tert-OH is 1. The fraction of sp³-hybridized carbons (Fsp3) is 0.190. The zero-order chi connectivity index (χ0) is 25.0. The highest BCUT2D eigenvalue weighted by Crippen LogP contribution is 2.44. The van der Waals surface area contributed by atoms with E-state index >= 15 is 0 Å². The standard InChI is InChI=1S/C21H18F7N3O2/c1-11(31-19(17(23)9-29)16-4-3-14(22)8-18(16)33-2)30-15-6-12(10-32)5-13(7-15)20(24,25)21(26,27)28/h3-9,30,32H,1,10,29H2,2H3/b17-9+,31-19?. The van der Waals surface area contributed by atoms with Crippen molar-refractivity contribution in [3.63, 3.8) is 0 Å². The molecule has 0 bridgehead atoms. The van der Waals surface area contributed by atoms with Gasteiger partial charge in [-0.1, -0.05) is 6.58 Å². The Balaban J connectivity index is 2.50. The lowest BCUT2D eigenvalue weighted by Gasteiger charge is -2.21. The van der Waals surface area contributed by atoms with Crippen LogP contribution in [0.5, 0.6) is 5.75 Å². The highest BCUT2D eigenvalue weighted by molar-refractivity contribution is 6.13. The fourth-order valence-electron chi connectivity index (χ4n) is 2.71. The summed E-state index contributed by atoms with van der Waals surface area (Å²) in [6.45, 7) is 2.64. The van der Waals surface area contributed by atoms with Crippen molar-refractivity contribution in [2.75, 3.05) is 12.4 Å². The number of ether oxygens (including phenoxy) is 1. The molecular weight excluding hydrogens is 459 g/mol. The molecule has 12 heteroatoms. The topological polar surface area (TPSA) is 79.9 Å². The quantitative estimate of drug-likeness (QED) is 0.364. The minimum absolute atomic E-state index is 0.0468. The van der Waals surface area contributed by atoms with Crippen LogP contribution in [-0.4, -0.2) is 24.1 Å². The number of alkyl halides is 5. The number of aliphatic hydroxyl groups is 1. The van der Waals surface area contributed by atoms with Gasteiger partial charge in [0, 0.05) is 29.1 Å². The Labute approximate surface area is 183 Å². The smallest absolute Gasteiger partial charge is 0.458 e. The number of nitrogens with zero attached hydrogens (tertiary/aromatic N) is 1. The molecule has 33 heavy (non-hydrogen) atoms. The van der Waals surface area contributed by atoms with Gasteiger partial charge in [-0.05, 0) is 35.9 Å². The van der Waals surface area contributed by atoms with Crippen LogP contribution < -0.4 is 15.8 Å². The number of allylic oxidation sites excluding steroid dienone is 1. The first-order chi connectivity index (χ1) is 15.3. The van der Waals surface area contributed by atoms with Gasteiger partial charge in [-0.3, -0.25) is 0 Å². The van der Waals surface area contributed by atoms with Crippen molar-refractivity contribution in [2.24, 2.45) is 10.7 Å². The summed E-state index contributed by atoms with van der Waals surface area (Å²) in [7, 11) is 1.19. The average Bonchev–Trinajstić information content (AvgIpc) is 2.75. The van der Waals surface area contributed by atoms with E-state index in [4.69, 9.17) is 10.5 Å². The third kappa shape index (κ3) is 5.83. The average molecular weight is 477 g/mol. The normalized spacial score (nSPS) is 13.1. The molecule has 4 N–H and O–H groups in total. The maximum atomic E-state index is 14.4. The number of hydrogen-bond acceptors (Lipinski definition) is 5. The van der Waals surface area contributed by atoms with Crippen LogP contribution in [0.25, 0.3) is 0 Å². The summed E-state index contributed by atoms with van der Waals surface area (Å²) in [5.41, 5.74) is 2.65. The number of nitrogens with one attached hydrogen (secondary N) is 1. The predicted octanol–water partition coefficient (Wildman–Crippen LogP) is 5.12. The van der Waals surface area contributed by atoms with Crippen LogP contribution in [0, 0.1) is 5.82 Å². The lowest BCUT2D eigenvalue weighted by Crippen LogP contribution is -2.33. The van der Waals surface area contributed by atoms with Gasteiger partial charge >= 0.3 is 12.1 Å². The summed E-state index contributed by atoms with van der Waals surface area (Å²) < 4.78 is 98.8. The number of aliphatic imine (C=N–C) groups is 1. The zero-order valence-corrected chi connectivity index (χ0v) is 17.0. The molecule has 2 aromatic rings. The molecule has 0 saturated carbocycles. The summed E-state index contributed by atoms with van der Waals surface area (Å²) in [6, 6.07) is 5.13. The van der Waals surface area contributed by atoms with E-state index in [2.05, 4.69) is 16.9 Å². The minimum atomic E-state index is -5.88. The zero-order valence-electron chi connectivity index (χ0n) is 17.0. The monoisotopic (exact) mass is 477 g/mol. The van der Waals surface area contributed by atoms with E-state index in [0.29, 0.717) is 18.3 Å². The molecule has 0 saturated heterocycles. The van der Waals surface area contributed by atoms with Gasteiger partial charge in [0.1, 0.15) is 23.1 Å². The largest absolute Gasteiger partial charge is 0.496 e. The summed E-state index contributed by atoms with van der Waals surface area (Å²) in [5.74, 6) is -7.50. The molecule has 0 radical (unpaired) electrons. The molecule has 0 spiro atoms. The van der Waals surface area contributed by atoms with Crippen molar-refractivity contribution in [2.45, 2.75) is 18.7 Å². The highest BCUT2D eigenvalue weighted by atomic mass is 19.4. The van der Waals surface area contributed by atoms with Crippen molar-refractivity contribution in [1.29, 1.82) is 0 Å². The van der Waals surface area contributed by atoms with Crippen molar-refractivity contribution in [3.8, 4) is 5.75 Å². The van der Waals surface area contributed by atoms with Gasteiger partial charge < -0.3 is 20.9 Å². The Morgan fingerprint density at radius 2 is 1.85 bits per heavy atom. The summed E-state index contributed by atoms with van der Waals surface area (Å²) in [6.07, 6.45) is -5.34. The predicted molar refractivity (Wildman–Crippen MR) is 108 cm³/mol. The van der Waals surface area contributed by atoms with Crippen molar-refractivity contribution < 1.29 is 40.6 Å². The van der Waals surface area contributed by atoms with E-state index in [0.717, 1.165) is 24.3 Å². The van der Waals surface area contributed by atoms with E-state index in [1.807, 2.05) is 0 Å². The number of anilines is 1. The molecule has 0 aliphatic carbocycles. The van der Waals surface area contributed by atoms with Crippen molar-refractivity contribution >= 4 is 11.4 Å². The van der Waals surface area contributed by atoms with Gasteiger partial charge in [0.05, 0.1) is 13.7 Å². The molecule has 2 aromatic carbocycles. The number of rotatable bonds is 8. The first kappa shape index (κ1) is 25.7. The minimum Gasteiger partial charge on any atom is -0.496 e. The molecule has 0 amide bonds. The fourth-order valence-corrected chi connectivity index (χ4v) is 2.71. The molecule has 0 aliphatic heterocycles. The van der Waals surface area contributed by atoms with E-state index in [1.54, 1.807) is 0 Å². The first-order valence-electron chi connectivity index (χ1n) is 9.00. The summed E-state index contributed by atoms with van der Waals surface area (Å²) in [5, 5.41) is 11.6. The second-order valence-electron chi connectivity index (χ2n) is 6.54. The number of hydrogen-bond donors (Lipinski definition) is 3. The van der Waals surface area contributed by atoms with Crippen LogP contribution >= 0.6 is 0 Å². The van der Waals surface area contributed by atoms with Crippen LogP contribution in [-0.2, 0) is 12.5 Å². The van der Waals surface area contributed by atoms with Gasteiger partial charge in [-0.2, -0.15) is 22.0 Å². The van der Waals surface area contributed by atoms with Crippen LogP contribution in [0.1, 0.15) is 16.7 Å². The maximum absolute atomic E-state index is 14.4. The molecular formula is C21H18F7N3O2. The first-order valence-corrected chi connectivity index (χ1v) is 9.00. The number of methoxy groups -OCH3 is 1. The number of nitrogens with two attached hydrogens (primary N) is 1. The molecule has 0 aromatic heterocycles. The number of halogens is 7. The third-order valence-electron chi connectivity index (χ3n) is 4.22. The highest BCUT2D eigenvalue weighted by Gasteiger charge is 2.58. The lowest BCUT2D eigenvalue weighted by molar-refractivity contribution is -0.289. The second-order valence-corrected chi connectivity index (χ2v) is 6.54. The molecule has 0 unspecified atom stereocenters. The molecule has 0 fully saturated rings. The summed E-state index contributed by atoms with van der Waals surface area (Å²) in [4.78, 5) is 3.86. The molecule has 0 atom stereocenters. The van der Waals surface area contributed by atoms with Crippen LogP contribution in [0.2, 0.25) is 0 Å². The Morgan fingerprint density at radius 1 is 1.18 bits per heavy atom. The van der Waals surface area contributed by atoms with Crippen LogP contribution in [0.15, 0.2) is 65.8 Å². The van der Waals surface area contributed by atoms with Gasteiger partial charge in [0.15, 0.2) is 5.83 Å². The van der Waals surface area contributed by atoms with Gasteiger partial charge in [-0.25, -0.2) is 13.8 Å². The lowest BCUT2D eigenvalue weighted by atomic mass is 10.0. The molecule has 2 rings (SSSR count). The Hall–Kier alpha value is -3.54. The van der Waals surface area contributed by atoms with E-state index < -0.39 is 47.4 Å². The second kappa shape index (κ2) is 9.94. The van der Waals surface area contributed by atoms with E-state index in [1.165, 1.54) is 7.11 Å².